The second kappa shape index (κ2) is 7.62. The lowest BCUT2D eigenvalue weighted by Gasteiger charge is -2.37. The van der Waals surface area contributed by atoms with Crippen LogP contribution in [0.4, 0.5) is 15.8 Å². The molecule has 0 bridgehead atoms. The Bertz CT molecular complexity index is 893. The van der Waals surface area contributed by atoms with Gasteiger partial charge in [-0.1, -0.05) is 24.3 Å². The quantitative estimate of drug-likeness (QED) is 0.821. The molecular weight excluding hydrogens is 357 g/mol. The summed E-state index contributed by atoms with van der Waals surface area (Å²) in [5.41, 5.74) is 2.52. The van der Waals surface area contributed by atoms with E-state index in [4.69, 9.17) is 0 Å². The maximum absolute atomic E-state index is 14.0. The first kappa shape index (κ1) is 18.5. The first-order chi connectivity index (χ1) is 13.5. The van der Waals surface area contributed by atoms with Crippen molar-refractivity contribution in [2.45, 2.75) is 13.3 Å². The van der Waals surface area contributed by atoms with E-state index in [0.29, 0.717) is 38.4 Å². The Morgan fingerprint density at radius 3 is 2.50 bits per heavy atom. The fraction of sp³-hybridized carbons (Fsp3) is 0.364. The van der Waals surface area contributed by atoms with Crippen molar-refractivity contribution in [1.29, 1.82) is 0 Å². The normalized spacial score (nSPS) is 20.0. The molecule has 0 spiro atoms. The van der Waals surface area contributed by atoms with Crippen molar-refractivity contribution in [3.05, 3.63) is 59.9 Å². The molecule has 2 aromatic carbocycles. The van der Waals surface area contributed by atoms with E-state index in [2.05, 4.69) is 0 Å². The van der Waals surface area contributed by atoms with Crippen LogP contribution in [-0.2, 0) is 9.59 Å². The Labute approximate surface area is 164 Å². The van der Waals surface area contributed by atoms with Crippen molar-refractivity contribution in [2.75, 3.05) is 42.5 Å². The zero-order chi connectivity index (χ0) is 19.7. The van der Waals surface area contributed by atoms with E-state index in [1.807, 2.05) is 47.1 Å². The van der Waals surface area contributed by atoms with E-state index in [9.17, 15) is 14.0 Å². The highest BCUT2D eigenvalue weighted by molar-refractivity contribution is 6.00. The molecule has 2 fully saturated rings. The number of carbonyl (C=O) groups excluding carboxylic acids is 2. The molecule has 0 radical (unpaired) electrons. The van der Waals surface area contributed by atoms with Crippen molar-refractivity contribution >= 4 is 23.2 Å². The van der Waals surface area contributed by atoms with E-state index in [1.54, 1.807) is 17.0 Å². The van der Waals surface area contributed by atoms with Gasteiger partial charge in [0, 0.05) is 44.8 Å². The van der Waals surface area contributed by atoms with Crippen molar-refractivity contribution in [1.82, 2.24) is 4.90 Å². The number of carbonyl (C=O) groups is 2. The number of rotatable bonds is 3. The molecule has 0 N–H and O–H groups in total. The Morgan fingerprint density at radius 1 is 1.04 bits per heavy atom. The molecule has 2 aliphatic rings. The van der Waals surface area contributed by atoms with Gasteiger partial charge in [-0.3, -0.25) is 9.59 Å². The molecule has 0 aromatic heterocycles. The average Bonchev–Trinajstić information content (AvgIpc) is 3.10. The Morgan fingerprint density at radius 2 is 1.79 bits per heavy atom. The van der Waals surface area contributed by atoms with E-state index in [0.717, 1.165) is 11.3 Å². The summed E-state index contributed by atoms with van der Waals surface area (Å²) >= 11 is 0. The van der Waals surface area contributed by atoms with Gasteiger partial charge in [-0.2, -0.15) is 0 Å². The Balaban J connectivity index is 1.38. The zero-order valence-electron chi connectivity index (χ0n) is 16.0. The standard InChI is InChI=1S/C22H24FN3O2/c1-16-5-4-6-18(13-16)26-15-17(14-21(26)27)22(28)25-11-9-24(10-12-25)20-8-3-2-7-19(20)23/h2-8,13,17H,9-12,14-15H2,1H3. The molecule has 146 valence electrons. The van der Waals surface area contributed by atoms with Gasteiger partial charge in [0.15, 0.2) is 0 Å². The smallest absolute Gasteiger partial charge is 0.228 e. The maximum atomic E-state index is 14.0. The van der Waals surface area contributed by atoms with Crippen LogP contribution in [0.25, 0.3) is 0 Å². The lowest BCUT2D eigenvalue weighted by molar-refractivity contribution is -0.136. The largest absolute Gasteiger partial charge is 0.366 e. The number of hydrogen-bond donors (Lipinski definition) is 0. The molecule has 5 nitrogen and oxygen atoms in total. The Hall–Kier alpha value is -2.89. The van der Waals surface area contributed by atoms with E-state index < -0.39 is 0 Å². The van der Waals surface area contributed by atoms with Crippen LogP contribution in [0, 0.1) is 18.7 Å². The average molecular weight is 381 g/mol. The molecule has 2 amide bonds. The maximum Gasteiger partial charge on any atom is 0.228 e. The molecule has 0 saturated carbocycles. The van der Waals surface area contributed by atoms with Gasteiger partial charge >= 0.3 is 0 Å². The molecule has 1 atom stereocenters. The summed E-state index contributed by atoms with van der Waals surface area (Å²) in [5.74, 6) is -0.531. The fourth-order valence-corrected chi connectivity index (χ4v) is 4.05. The minimum Gasteiger partial charge on any atom is -0.366 e. The zero-order valence-corrected chi connectivity index (χ0v) is 16.0. The molecule has 1 unspecified atom stereocenters. The molecular formula is C22H24FN3O2. The Kier molecular flexibility index (Phi) is 5.03. The highest BCUT2D eigenvalue weighted by Gasteiger charge is 2.38. The lowest BCUT2D eigenvalue weighted by Crippen LogP contribution is -2.51. The van der Waals surface area contributed by atoms with Gasteiger partial charge in [-0.25, -0.2) is 4.39 Å². The summed E-state index contributed by atoms with van der Waals surface area (Å²) < 4.78 is 14.0. The van der Waals surface area contributed by atoms with Gasteiger partial charge in [0.05, 0.1) is 11.6 Å². The number of aryl methyl sites for hydroxylation is 1. The van der Waals surface area contributed by atoms with Gasteiger partial charge in [0.2, 0.25) is 11.8 Å². The third kappa shape index (κ3) is 3.59. The summed E-state index contributed by atoms with van der Waals surface area (Å²) in [6.07, 6.45) is 0.250. The van der Waals surface area contributed by atoms with Crippen molar-refractivity contribution in [2.24, 2.45) is 5.92 Å². The summed E-state index contributed by atoms with van der Waals surface area (Å²) in [5, 5.41) is 0. The van der Waals surface area contributed by atoms with Crippen molar-refractivity contribution < 1.29 is 14.0 Å². The first-order valence-corrected chi connectivity index (χ1v) is 9.68. The van der Waals surface area contributed by atoms with E-state index >= 15 is 0 Å². The topological polar surface area (TPSA) is 43.9 Å². The molecule has 2 aromatic rings. The van der Waals surface area contributed by atoms with Crippen LogP contribution >= 0.6 is 0 Å². The lowest BCUT2D eigenvalue weighted by atomic mass is 10.1. The number of benzene rings is 2. The van der Waals surface area contributed by atoms with Crippen LogP contribution < -0.4 is 9.80 Å². The van der Waals surface area contributed by atoms with E-state index in [-0.39, 0.29) is 30.0 Å². The number of halogens is 1. The van der Waals surface area contributed by atoms with Crippen molar-refractivity contribution in [3.8, 4) is 0 Å². The second-order valence-corrected chi connectivity index (χ2v) is 7.51. The SMILES string of the molecule is Cc1cccc(N2CC(C(=O)N3CCN(c4ccccc4F)CC3)CC2=O)c1. The van der Waals surface area contributed by atoms with Gasteiger partial charge in [-0.15, -0.1) is 0 Å². The number of anilines is 2. The number of nitrogens with zero attached hydrogens (tertiary/aromatic N) is 3. The molecule has 0 aliphatic carbocycles. The third-order valence-electron chi connectivity index (χ3n) is 5.57. The molecule has 4 rings (SSSR count). The highest BCUT2D eigenvalue weighted by atomic mass is 19.1. The molecule has 2 aliphatic heterocycles. The number of amides is 2. The van der Waals surface area contributed by atoms with Gasteiger partial charge in [-0.05, 0) is 36.8 Å². The third-order valence-corrected chi connectivity index (χ3v) is 5.57. The van der Waals surface area contributed by atoms with Gasteiger partial charge in [0.1, 0.15) is 5.82 Å². The minimum atomic E-state index is -0.312. The predicted molar refractivity (Wildman–Crippen MR) is 107 cm³/mol. The fourth-order valence-electron chi connectivity index (χ4n) is 4.05. The molecule has 2 saturated heterocycles. The van der Waals surface area contributed by atoms with Crippen LogP contribution in [0.3, 0.4) is 0 Å². The summed E-state index contributed by atoms with van der Waals surface area (Å²) in [6.45, 7) is 4.69. The highest BCUT2D eigenvalue weighted by Crippen LogP contribution is 2.28. The predicted octanol–water partition coefficient (Wildman–Crippen LogP) is 2.84. The summed E-state index contributed by atoms with van der Waals surface area (Å²) in [7, 11) is 0. The summed E-state index contributed by atoms with van der Waals surface area (Å²) in [6, 6.07) is 14.5. The number of para-hydroxylation sites is 1. The molecule has 28 heavy (non-hydrogen) atoms. The molecule has 2 heterocycles. The number of hydrogen-bond acceptors (Lipinski definition) is 3. The second-order valence-electron chi connectivity index (χ2n) is 7.51. The van der Waals surface area contributed by atoms with Crippen molar-refractivity contribution in [3.63, 3.8) is 0 Å². The van der Waals surface area contributed by atoms with E-state index in [1.165, 1.54) is 6.07 Å². The first-order valence-electron chi connectivity index (χ1n) is 9.68. The van der Waals surface area contributed by atoms with Gasteiger partial charge in [0.25, 0.3) is 0 Å². The molecule has 6 heteroatoms. The minimum absolute atomic E-state index is 0.00561. The van der Waals surface area contributed by atoms with Crippen LogP contribution in [0.1, 0.15) is 12.0 Å². The monoisotopic (exact) mass is 381 g/mol. The van der Waals surface area contributed by atoms with Crippen LogP contribution in [0.5, 0.6) is 0 Å². The summed E-state index contributed by atoms with van der Waals surface area (Å²) in [4.78, 5) is 30.9. The van der Waals surface area contributed by atoms with Crippen LogP contribution in [0.15, 0.2) is 48.5 Å². The number of piperazine rings is 1. The van der Waals surface area contributed by atoms with Crippen LogP contribution in [-0.4, -0.2) is 49.4 Å². The van der Waals surface area contributed by atoms with Crippen LogP contribution in [0.2, 0.25) is 0 Å². The van der Waals surface area contributed by atoms with Gasteiger partial charge < -0.3 is 14.7 Å².